The van der Waals surface area contributed by atoms with Crippen molar-refractivity contribution in [3.63, 3.8) is 0 Å². The molecule has 0 unspecified atom stereocenters. The van der Waals surface area contributed by atoms with Gasteiger partial charge in [0.05, 0.1) is 17.7 Å². The number of rotatable bonds is 7. The SMILES string of the molecule is COCCn1cnnc1SCc1nc2scc(-c3ccccc3)c2c(=O)[nH]1. The largest absolute Gasteiger partial charge is 0.383 e. The van der Waals surface area contributed by atoms with Crippen LogP contribution in [-0.4, -0.2) is 38.4 Å². The molecule has 27 heavy (non-hydrogen) atoms. The third-order valence-corrected chi connectivity index (χ3v) is 5.90. The zero-order chi connectivity index (χ0) is 18.6. The molecule has 1 N–H and O–H groups in total. The zero-order valence-electron chi connectivity index (χ0n) is 14.6. The summed E-state index contributed by atoms with van der Waals surface area (Å²) in [4.78, 5) is 21.0. The smallest absolute Gasteiger partial charge is 0.260 e. The summed E-state index contributed by atoms with van der Waals surface area (Å²) in [6.45, 7) is 1.27. The minimum absolute atomic E-state index is 0.114. The van der Waals surface area contributed by atoms with Gasteiger partial charge in [-0.05, 0) is 5.56 Å². The predicted molar refractivity (Wildman–Crippen MR) is 107 cm³/mol. The Morgan fingerprint density at radius 2 is 2.15 bits per heavy atom. The average molecular weight is 400 g/mol. The van der Waals surface area contributed by atoms with Gasteiger partial charge in [-0.25, -0.2) is 4.98 Å². The second-order valence-electron chi connectivity index (χ2n) is 5.80. The van der Waals surface area contributed by atoms with Crippen LogP contribution in [0, 0.1) is 0 Å². The van der Waals surface area contributed by atoms with Crippen LogP contribution in [0.2, 0.25) is 0 Å². The molecule has 0 bridgehead atoms. The van der Waals surface area contributed by atoms with Crippen molar-refractivity contribution in [2.45, 2.75) is 17.5 Å². The highest BCUT2D eigenvalue weighted by Gasteiger charge is 2.13. The number of methoxy groups -OCH3 is 1. The van der Waals surface area contributed by atoms with Crippen molar-refractivity contribution >= 4 is 33.3 Å². The van der Waals surface area contributed by atoms with Crippen molar-refractivity contribution < 1.29 is 4.74 Å². The first-order chi connectivity index (χ1) is 13.3. The third-order valence-electron chi connectivity index (χ3n) is 4.03. The van der Waals surface area contributed by atoms with Gasteiger partial charge in [-0.15, -0.1) is 21.5 Å². The minimum Gasteiger partial charge on any atom is -0.383 e. The fourth-order valence-electron chi connectivity index (χ4n) is 2.72. The maximum atomic E-state index is 12.7. The maximum absolute atomic E-state index is 12.7. The molecular formula is C18H17N5O2S2. The normalized spacial score (nSPS) is 11.3. The van der Waals surface area contributed by atoms with Gasteiger partial charge in [-0.1, -0.05) is 42.1 Å². The molecular weight excluding hydrogens is 382 g/mol. The number of nitrogens with zero attached hydrogens (tertiary/aromatic N) is 4. The molecule has 0 aliphatic rings. The van der Waals surface area contributed by atoms with Crippen LogP contribution in [0.15, 0.2) is 52.0 Å². The van der Waals surface area contributed by atoms with E-state index in [2.05, 4.69) is 20.2 Å². The Bertz CT molecular complexity index is 1100. The summed E-state index contributed by atoms with van der Waals surface area (Å²) in [6, 6.07) is 9.88. The molecule has 0 saturated carbocycles. The molecule has 0 fully saturated rings. The van der Waals surface area contributed by atoms with Crippen molar-refractivity contribution in [3.8, 4) is 11.1 Å². The Labute approximate surface area is 163 Å². The van der Waals surface area contributed by atoms with Crippen molar-refractivity contribution in [2.75, 3.05) is 13.7 Å². The number of H-pyrrole nitrogens is 1. The topological polar surface area (TPSA) is 85.7 Å². The van der Waals surface area contributed by atoms with Crippen molar-refractivity contribution in [3.05, 3.63) is 58.2 Å². The Hall–Kier alpha value is -2.49. The van der Waals surface area contributed by atoms with Gasteiger partial charge in [0, 0.05) is 24.6 Å². The number of hydrogen-bond donors (Lipinski definition) is 1. The highest BCUT2D eigenvalue weighted by atomic mass is 32.2. The van der Waals surface area contributed by atoms with E-state index in [0.29, 0.717) is 30.1 Å². The first-order valence-electron chi connectivity index (χ1n) is 8.31. The molecule has 138 valence electrons. The molecule has 0 aliphatic carbocycles. The number of aromatic amines is 1. The van der Waals surface area contributed by atoms with Crippen LogP contribution in [0.1, 0.15) is 5.82 Å². The standard InChI is InChI=1S/C18H17N5O2S2/c1-25-8-7-23-11-19-22-18(23)27-10-14-20-16(24)15-13(9-26-17(15)21-14)12-5-3-2-4-6-12/h2-6,9,11H,7-8,10H2,1H3,(H,20,21,24). The van der Waals surface area contributed by atoms with Gasteiger partial charge in [0.1, 0.15) is 17.0 Å². The molecule has 0 spiro atoms. The minimum atomic E-state index is -0.114. The van der Waals surface area contributed by atoms with Gasteiger partial charge in [-0.3, -0.25) is 4.79 Å². The second kappa shape index (κ2) is 8.03. The Morgan fingerprint density at radius 3 is 2.96 bits per heavy atom. The van der Waals surface area contributed by atoms with Crippen LogP contribution < -0.4 is 5.56 Å². The fourth-order valence-corrected chi connectivity index (χ4v) is 4.50. The summed E-state index contributed by atoms with van der Waals surface area (Å²) in [5.74, 6) is 1.13. The van der Waals surface area contributed by atoms with E-state index >= 15 is 0 Å². The number of thiophene rings is 1. The molecule has 0 atom stereocenters. The quantitative estimate of drug-likeness (QED) is 0.481. The number of benzene rings is 1. The molecule has 0 aliphatic heterocycles. The van der Waals surface area contributed by atoms with Gasteiger partial charge in [-0.2, -0.15) is 0 Å². The lowest BCUT2D eigenvalue weighted by molar-refractivity contribution is 0.184. The summed E-state index contributed by atoms with van der Waals surface area (Å²) in [5.41, 5.74) is 1.82. The van der Waals surface area contributed by atoms with Crippen molar-refractivity contribution in [1.82, 2.24) is 24.7 Å². The number of thioether (sulfide) groups is 1. The van der Waals surface area contributed by atoms with Crippen molar-refractivity contribution in [2.24, 2.45) is 0 Å². The lowest BCUT2D eigenvalue weighted by Crippen LogP contribution is -2.11. The summed E-state index contributed by atoms with van der Waals surface area (Å²) in [6.07, 6.45) is 1.67. The Morgan fingerprint density at radius 1 is 1.30 bits per heavy atom. The molecule has 0 saturated heterocycles. The van der Waals surface area contributed by atoms with Crippen LogP contribution in [0.5, 0.6) is 0 Å². The van der Waals surface area contributed by atoms with E-state index in [9.17, 15) is 4.79 Å². The zero-order valence-corrected chi connectivity index (χ0v) is 16.2. The molecule has 0 amide bonds. The summed E-state index contributed by atoms with van der Waals surface area (Å²) in [5, 5.41) is 11.5. The summed E-state index contributed by atoms with van der Waals surface area (Å²) < 4.78 is 7.01. The van der Waals surface area contributed by atoms with Crippen molar-refractivity contribution in [1.29, 1.82) is 0 Å². The van der Waals surface area contributed by atoms with E-state index in [-0.39, 0.29) is 5.56 Å². The highest BCUT2D eigenvalue weighted by Crippen LogP contribution is 2.31. The first kappa shape index (κ1) is 17.9. The first-order valence-corrected chi connectivity index (χ1v) is 10.2. The van der Waals surface area contributed by atoms with E-state index in [1.165, 1.54) is 23.1 Å². The van der Waals surface area contributed by atoms with Crippen LogP contribution >= 0.6 is 23.1 Å². The van der Waals surface area contributed by atoms with E-state index < -0.39 is 0 Å². The van der Waals surface area contributed by atoms with E-state index in [0.717, 1.165) is 21.1 Å². The molecule has 0 radical (unpaired) electrons. The summed E-state index contributed by atoms with van der Waals surface area (Å²) >= 11 is 2.97. The lowest BCUT2D eigenvalue weighted by atomic mass is 10.1. The fraction of sp³-hybridized carbons (Fsp3) is 0.222. The molecule has 3 aromatic heterocycles. The molecule has 9 heteroatoms. The van der Waals surface area contributed by atoms with E-state index in [1.807, 2.05) is 40.3 Å². The Kier molecular flexibility index (Phi) is 5.33. The molecule has 3 heterocycles. The molecule has 4 rings (SSSR count). The van der Waals surface area contributed by atoms with Crippen LogP contribution in [0.25, 0.3) is 21.3 Å². The number of fused-ring (bicyclic) bond motifs is 1. The maximum Gasteiger partial charge on any atom is 0.260 e. The second-order valence-corrected chi connectivity index (χ2v) is 7.60. The number of nitrogens with one attached hydrogen (secondary N) is 1. The molecule has 1 aromatic carbocycles. The lowest BCUT2D eigenvalue weighted by Gasteiger charge is -2.05. The summed E-state index contributed by atoms with van der Waals surface area (Å²) in [7, 11) is 1.66. The van der Waals surface area contributed by atoms with E-state index in [4.69, 9.17) is 4.74 Å². The average Bonchev–Trinajstić information content (AvgIpc) is 3.32. The van der Waals surface area contributed by atoms with E-state index in [1.54, 1.807) is 13.4 Å². The highest BCUT2D eigenvalue weighted by molar-refractivity contribution is 7.98. The predicted octanol–water partition coefficient (Wildman–Crippen LogP) is 3.18. The number of ether oxygens (including phenoxy) is 1. The molecule has 4 aromatic rings. The number of aromatic nitrogens is 5. The monoisotopic (exact) mass is 399 g/mol. The molecule has 7 nitrogen and oxygen atoms in total. The van der Waals surface area contributed by atoms with Crippen LogP contribution in [0.3, 0.4) is 0 Å². The van der Waals surface area contributed by atoms with Crippen LogP contribution in [-0.2, 0) is 17.0 Å². The van der Waals surface area contributed by atoms with Gasteiger partial charge >= 0.3 is 0 Å². The van der Waals surface area contributed by atoms with Gasteiger partial charge in [0.2, 0.25) is 0 Å². The third kappa shape index (κ3) is 3.80. The van der Waals surface area contributed by atoms with Gasteiger partial charge in [0.25, 0.3) is 5.56 Å². The number of hydrogen-bond acceptors (Lipinski definition) is 7. The van der Waals surface area contributed by atoms with Gasteiger partial charge in [0.15, 0.2) is 5.16 Å². The Balaban J connectivity index is 1.58. The van der Waals surface area contributed by atoms with Crippen LogP contribution in [0.4, 0.5) is 0 Å². The van der Waals surface area contributed by atoms with Gasteiger partial charge < -0.3 is 14.3 Å².